The fraction of sp³-hybridized carbons (Fsp3) is 0.308. The van der Waals surface area contributed by atoms with E-state index in [4.69, 9.17) is 4.74 Å². The topological polar surface area (TPSA) is 91.8 Å². The molecule has 1 N–H and O–H groups in total. The van der Waals surface area contributed by atoms with Gasteiger partial charge in [0.15, 0.2) is 6.10 Å². The van der Waals surface area contributed by atoms with E-state index in [0.717, 1.165) is 0 Å². The number of fused-ring (bicyclic) bond motifs is 1. The van der Waals surface area contributed by atoms with Gasteiger partial charge < -0.3 is 19.9 Å². The Balaban J connectivity index is 1.46. The van der Waals surface area contributed by atoms with Crippen LogP contribution in [0.5, 0.6) is 5.75 Å². The summed E-state index contributed by atoms with van der Waals surface area (Å²) >= 11 is 0. The molecule has 2 aromatic carbocycles. The number of hydrogen-bond acceptors (Lipinski definition) is 5. The van der Waals surface area contributed by atoms with Crippen LogP contribution in [0.15, 0.2) is 60.9 Å². The Hall–Kier alpha value is -3.94. The van der Waals surface area contributed by atoms with Gasteiger partial charge in [-0.3, -0.25) is 19.4 Å². The average molecular weight is 461 g/mol. The summed E-state index contributed by atoms with van der Waals surface area (Å²) in [5, 5.41) is 3.99. The van der Waals surface area contributed by atoms with Crippen LogP contribution < -0.4 is 10.1 Å². The number of piperazine rings is 1. The molecule has 8 heteroatoms. The lowest BCUT2D eigenvalue weighted by molar-refractivity contribution is -0.142. The quantitative estimate of drug-likeness (QED) is 0.632. The van der Waals surface area contributed by atoms with Gasteiger partial charge in [-0.2, -0.15) is 0 Å². The van der Waals surface area contributed by atoms with Crippen molar-refractivity contribution in [3.63, 3.8) is 0 Å². The van der Waals surface area contributed by atoms with Gasteiger partial charge in [-0.25, -0.2) is 0 Å². The van der Waals surface area contributed by atoms with Crippen LogP contribution in [-0.2, 0) is 4.79 Å². The first-order valence-electron chi connectivity index (χ1n) is 11.3. The zero-order chi connectivity index (χ0) is 24.2. The van der Waals surface area contributed by atoms with Gasteiger partial charge in [0.2, 0.25) is 0 Å². The van der Waals surface area contributed by atoms with Crippen LogP contribution in [0.1, 0.15) is 34.6 Å². The van der Waals surface area contributed by atoms with E-state index in [2.05, 4.69) is 10.3 Å². The highest BCUT2D eigenvalue weighted by Crippen LogP contribution is 2.29. The predicted octanol–water partition coefficient (Wildman–Crippen LogP) is 2.73. The van der Waals surface area contributed by atoms with Crippen LogP contribution >= 0.6 is 0 Å². The monoisotopic (exact) mass is 460 g/mol. The number of pyridine rings is 1. The third-order valence-electron chi connectivity index (χ3n) is 6.12. The normalized spacial score (nSPS) is 16.7. The Kier molecular flexibility index (Phi) is 6.77. The molecule has 1 aliphatic rings. The maximum atomic E-state index is 13.2. The molecule has 4 rings (SSSR count). The Morgan fingerprint density at radius 2 is 1.82 bits per heavy atom. The summed E-state index contributed by atoms with van der Waals surface area (Å²) in [5.41, 5.74) is 1.14. The van der Waals surface area contributed by atoms with Crippen molar-refractivity contribution in [2.75, 3.05) is 26.7 Å². The van der Waals surface area contributed by atoms with E-state index in [1.165, 1.54) is 0 Å². The third kappa shape index (κ3) is 4.57. The lowest BCUT2D eigenvalue weighted by atomic mass is 10.1. The number of ether oxygens (including phenoxy) is 1. The van der Waals surface area contributed by atoms with Gasteiger partial charge in [-0.15, -0.1) is 0 Å². The molecule has 2 atom stereocenters. The summed E-state index contributed by atoms with van der Waals surface area (Å²) in [5.74, 6) is 0.124. The number of nitrogens with zero attached hydrogens (tertiary/aromatic N) is 3. The number of aromatic nitrogens is 1. The van der Waals surface area contributed by atoms with Crippen molar-refractivity contribution in [3.05, 3.63) is 72.1 Å². The van der Waals surface area contributed by atoms with Crippen molar-refractivity contribution in [1.29, 1.82) is 0 Å². The van der Waals surface area contributed by atoms with Gasteiger partial charge in [0, 0.05) is 67.0 Å². The van der Waals surface area contributed by atoms with Crippen molar-refractivity contribution in [1.82, 2.24) is 20.1 Å². The zero-order valence-electron chi connectivity index (χ0n) is 19.5. The minimum absolute atomic E-state index is 0.0277. The SMILES string of the molecule is CNC(=O)c1ccc(O[C@@H](C)C(=O)N2CCN(C(=O)c3ccccc3)C[C@H]2C)c2ccncc12. The smallest absolute Gasteiger partial charge is 0.263 e. The first-order chi connectivity index (χ1) is 16.4. The zero-order valence-corrected chi connectivity index (χ0v) is 19.5. The summed E-state index contributed by atoms with van der Waals surface area (Å²) in [4.78, 5) is 45.9. The number of carbonyl (C=O) groups is 3. The second-order valence-electron chi connectivity index (χ2n) is 8.37. The molecule has 8 nitrogen and oxygen atoms in total. The fourth-order valence-corrected chi connectivity index (χ4v) is 4.31. The molecular weight excluding hydrogens is 432 g/mol. The van der Waals surface area contributed by atoms with Gasteiger partial charge in [0.25, 0.3) is 17.7 Å². The maximum Gasteiger partial charge on any atom is 0.263 e. The number of hydrogen-bond donors (Lipinski definition) is 1. The van der Waals surface area contributed by atoms with E-state index < -0.39 is 6.10 Å². The summed E-state index contributed by atoms with van der Waals surface area (Å²) < 4.78 is 6.07. The van der Waals surface area contributed by atoms with Crippen LogP contribution in [0.4, 0.5) is 0 Å². The van der Waals surface area contributed by atoms with E-state index in [0.29, 0.717) is 47.3 Å². The van der Waals surface area contributed by atoms with Crippen molar-refractivity contribution in [2.45, 2.75) is 26.0 Å². The maximum absolute atomic E-state index is 13.2. The van der Waals surface area contributed by atoms with Crippen molar-refractivity contribution < 1.29 is 19.1 Å². The molecular formula is C26H28N4O4. The molecule has 0 radical (unpaired) electrons. The van der Waals surface area contributed by atoms with Gasteiger partial charge in [-0.05, 0) is 44.2 Å². The molecule has 0 unspecified atom stereocenters. The number of carbonyl (C=O) groups excluding carboxylic acids is 3. The van der Waals surface area contributed by atoms with E-state index in [1.54, 1.807) is 66.5 Å². The Morgan fingerprint density at radius 1 is 1.06 bits per heavy atom. The molecule has 34 heavy (non-hydrogen) atoms. The van der Waals surface area contributed by atoms with Gasteiger partial charge >= 0.3 is 0 Å². The molecule has 1 saturated heterocycles. The molecule has 0 saturated carbocycles. The summed E-state index contributed by atoms with van der Waals surface area (Å²) in [6.45, 7) is 5.02. The van der Waals surface area contributed by atoms with E-state index in [1.807, 2.05) is 25.1 Å². The second kappa shape index (κ2) is 9.91. The number of benzene rings is 2. The molecule has 1 aromatic heterocycles. The van der Waals surface area contributed by atoms with Crippen LogP contribution in [0.25, 0.3) is 10.8 Å². The van der Waals surface area contributed by atoms with Crippen LogP contribution in [0, 0.1) is 0 Å². The molecule has 0 spiro atoms. The minimum atomic E-state index is -0.735. The molecule has 3 aromatic rings. The fourth-order valence-electron chi connectivity index (χ4n) is 4.31. The molecule has 176 valence electrons. The molecule has 2 heterocycles. The number of rotatable bonds is 5. The van der Waals surface area contributed by atoms with Crippen molar-refractivity contribution in [3.8, 4) is 5.75 Å². The molecule has 3 amide bonds. The van der Waals surface area contributed by atoms with E-state index in [9.17, 15) is 14.4 Å². The van der Waals surface area contributed by atoms with E-state index in [-0.39, 0.29) is 23.8 Å². The Bertz CT molecular complexity index is 1210. The van der Waals surface area contributed by atoms with Gasteiger partial charge in [-0.1, -0.05) is 18.2 Å². The third-order valence-corrected chi connectivity index (χ3v) is 6.12. The van der Waals surface area contributed by atoms with Crippen LogP contribution in [0.3, 0.4) is 0 Å². The highest BCUT2D eigenvalue weighted by Gasteiger charge is 2.33. The van der Waals surface area contributed by atoms with Gasteiger partial charge in [0.05, 0.1) is 0 Å². The highest BCUT2D eigenvalue weighted by molar-refractivity contribution is 6.08. The average Bonchev–Trinajstić information content (AvgIpc) is 2.88. The summed E-state index contributed by atoms with van der Waals surface area (Å²) in [7, 11) is 1.57. The predicted molar refractivity (Wildman–Crippen MR) is 129 cm³/mol. The standard InChI is InChI=1S/C26H28N4O4/c1-17-16-29(26(33)19-7-5-4-6-8-19)13-14-30(17)25(32)18(2)34-23-10-9-21(24(31)27-3)22-15-28-12-11-20(22)23/h4-12,15,17-18H,13-14,16H2,1-3H3,(H,27,31)/t17-,18+/m1/s1. The lowest BCUT2D eigenvalue weighted by Crippen LogP contribution is -2.57. The van der Waals surface area contributed by atoms with E-state index >= 15 is 0 Å². The molecule has 0 bridgehead atoms. The molecule has 0 aliphatic carbocycles. The number of amides is 3. The van der Waals surface area contributed by atoms with Crippen molar-refractivity contribution >= 4 is 28.5 Å². The molecule has 1 fully saturated rings. The Labute approximate surface area is 198 Å². The summed E-state index contributed by atoms with van der Waals surface area (Å²) in [6, 6.07) is 14.2. The van der Waals surface area contributed by atoms with Crippen LogP contribution in [-0.4, -0.2) is 71.3 Å². The largest absolute Gasteiger partial charge is 0.480 e. The molecule has 1 aliphatic heterocycles. The summed E-state index contributed by atoms with van der Waals surface area (Å²) in [6.07, 6.45) is 2.51. The Morgan fingerprint density at radius 3 is 2.53 bits per heavy atom. The number of nitrogens with one attached hydrogen (secondary N) is 1. The van der Waals surface area contributed by atoms with Crippen LogP contribution in [0.2, 0.25) is 0 Å². The first kappa shape index (κ1) is 23.2. The second-order valence-corrected chi connectivity index (χ2v) is 8.37. The van der Waals surface area contributed by atoms with Gasteiger partial charge in [0.1, 0.15) is 5.75 Å². The highest BCUT2D eigenvalue weighted by atomic mass is 16.5. The lowest BCUT2D eigenvalue weighted by Gasteiger charge is -2.40. The first-order valence-corrected chi connectivity index (χ1v) is 11.3. The minimum Gasteiger partial charge on any atom is -0.480 e. The van der Waals surface area contributed by atoms with Crippen molar-refractivity contribution in [2.24, 2.45) is 0 Å².